The Morgan fingerprint density at radius 2 is 2.06 bits per heavy atom. The van der Waals surface area contributed by atoms with Crippen LogP contribution in [0.25, 0.3) is 0 Å². The Morgan fingerprint density at radius 1 is 1.25 bits per heavy atom. The second kappa shape index (κ2) is 4.19. The van der Waals surface area contributed by atoms with Gasteiger partial charge in [0.2, 0.25) is 0 Å². The molecule has 2 saturated heterocycles. The van der Waals surface area contributed by atoms with E-state index in [1.54, 1.807) is 0 Å². The van der Waals surface area contributed by atoms with E-state index in [-0.39, 0.29) is 6.10 Å². The highest BCUT2D eigenvalue weighted by Gasteiger charge is 2.38. The summed E-state index contributed by atoms with van der Waals surface area (Å²) in [6.07, 6.45) is 2.90. The van der Waals surface area contributed by atoms with Crippen molar-refractivity contribution in [2.75, 3.05) is 13.2 Å². The number of hydrogen-bond donors (Lipinski definition) is 0. The minimum Gasteiger partial charge on any atom is -0.370 e. The van der Waals surface area contributed by atoms with E-state index >= 15 is 0 Å². The van der Waals surface area contributed by atoms with Crippen molar-refractivity contribution in [1.82, 2.24) is 4.90 Å². The molecule has 2 heteroatoms. The minimum absolute atomic E-state index is 0.260. The molecule has 3 rings (SSSR count). The molecule has 3 atom stereocenters. The zero-order valence-electron chi connectivity index (χ0n) is 9.80. The van der Waals surface area contributed by atoms with E-state index in [0.717, 1.165) is 6.61 Å². The Bertz CT molecular complexity index is 351. The number of morpholine rings is 1. The lowest BCUT2D eigenvalue weighted by Crippen LogP contribution is -2.48. The van der Waals surface area contributed by atoms with Gasteiger partial charge in [0, 0.05) is 12.1 Å². The fourth-order valence-corrected chi connectivity index (χ4v) is 3.12. The van der Waals surface area contributed by atoms with Crippen molar-refractivity contribution in [3.8, 4) is 0 Å². The molecule has 2 fully saturated rings. The molecule has 0 unspecified atom stereocenters. The molecule has 86 valence electrons. The predicted molar refractivity (Wildman–Crippen MR) is 64.3 cm³/mol. The molecule has 0 N–H and O–H groups in total. The Kier molecular flexibility index (Phi) is 2.70. The third-order valence-electron chi connectivity index (χ3n) is 3.98. The second-order valence-electron chi connectivity index (χ2n) is 4.94. The summed E-state index contributed by atoms with van der Waals surface area (Å²) in [4.78, 5) is 2.63. The van der Waals surface area contributed by atoms with Crippen LogP contribution in [0.5, 0.6) is 0 Å². The van der Waals surface area contributed by atoms with Crippen LogP contribution in [0.1, 0.15) is 31.4 Å². The second-order valence-corrected chi connectivity index (χ2v) is 4.94. The molecular formula is C14H19NO. The molecule has 16 heavy (non-hydrogen) atoms. The number of benzene rings is 1. The number of fused-ring (bicyclic) bond motifs is 1. The van der Waals surface area contributed by atoms with Gasteiger partial charge < -0.3 is 4.74 Å². The Morgan fingerprint density at radius 3 is 2.88 bits per heavy atom. The summed E-state index contributed by atoms with van der Waals surface area (Å²) in [6.45, 7) is 4.46. The lowest BCUT2D eigenvalue weighted by Gasteiger charge is -2.41. The Balaban J connectivity index is 1.82. The molecule has 0 aromatic heterocycles. The first-order valence-corrected chi connectivity index (χ1v) is 6.28. The van der Waals surface area contributed by atoms with Gasteiger partial charge in [-0.2, -0.15) is 0 Å². The van der Waals surface area contributed by atoms with Gasteiger partial charge in [-0.15, -0.1) is 0 Å². The Labute approximate surface area is 97.2 Å². The molecule has 2 heterocycles. The van der Waals surface area contributed by atoms with Gasteiger partial charge in [0.05, 0.1) is 12.7 Å². The monoisotopic (exact) mass is 217 g/mol. The average Bonchev–Trinajstić information content (AvgIpc) is 2.80. The van der Waals surface area contributed by atoms with E-state index in [2.05, 4.69) is 42.2 Å². The standard InChI is InChI=1S/C14H19NO/c1-11-14(12-6-3-2-4-7-12)16-10-13-8-5-9-15(11)13/h2-4,6-7,11,13-14H,5,8-10H2,1H3/t11-,13+,14+/m0/s1. The highest BCUT2D eigenvalue weighted by Crippen LogP contribution is 2.34. The molecule has 1 aromatic carbocycles. The lowest BCUT2D eigenvalue weighted by molar-refractivity contribution is -0.0856. The van der Waals surface area contributed by atoms with E-state index in [0.29, 0.717) is 12.1 Å². The Hall–Kier alpha value is -0.860. The third kappa shape index (κ3) is 1.66. The van der Waals surface area contributed by atoms with Crippen molar-refractivity contribution in [2.24, 2.45) is 0 Å². The highest BCUT2D eigenvalue weighted by atomic mass is 16.5. The van der Waals surface area contributed by atoms with Crippen molar-refractivity contribution in [2.45, 2.75) is 38.0 Å². The van der Waals surface area contributed by atoms with Gasteiger partial charge in [-0.1, -0.05) is 30.3 Å². The van der Waals surface area contributed by atoms with Crippen LogP contribution in [0, 0.1) is 0 Å². The van der Waals surface area contributed by atoms with E-state index in [9.17, 15) is 0 Å². The van der Waals surface area contributed by atoms with Crippen LogP contribution in [-0.2, 0) is 4.74 Å². The average molecular weight is 217 g/mol. The van der Waals surface area contributed by atoms with Crippen molar-refractivity contribution < 1.29 is 4.74 Å². The van der Waals surface area contributed by atoms with E-state index in [4.69, 9.17) is 4.74 Å². The number of ether oxygens (including phenoxy) is 1. The molecular weight excluding hydrogens is 198 g/mol. The SMILES string of the molecule is C[C@H]1[C@H](c2ccccc2)OC[C@H]2CCCN21. The fraction of sp³-hybridized carbons (Fsp3) is 0.571. The van der Waals surface area contributed by atoms with Gasteiger partial charge in [0.1, 0.15) is 0 Å². The smallest absolute Gasteiger partial charge is 0.0978 e. The number of rotatable bonds is 1. The largest absolute Gasteiger partial charge is 0.370 e. The summed E-state index contributed by atoms with van der Waals surface area (Å²) in [5.41, 5.74) is 1.32. The topological polar surface area (TPSA) is 12.5 Å². The molecule has 0 radical (unpaired) electrons. The van der Waals surface area contributed by atoms with E-state index < -0.39 is 0 Å². The first-order chi connectivity index (χ1) is 7.86. The van der Waals surface area contributed by atoms with Crippen LogP contribution in [0.2, 0.25) is 0 Å². The van der Waals surface area contributed by atoms with Gasteiger partial charge in [0.15, 0.2) is 0 Å². The van der Waals surface area contributed by atoms with Crippen molar-refractivity contribution in [3.05, 3.63) is 35.9 Å². The summed E-state index contributed by atoms with van der Waals surface area (Å²) in [7, 11) is 0. The van der Waals surface area contributed by atoms with Gasteiger partial charge in [-0.3, -0.25) is 4.90 Å². The molecule has 2 aliphatic rings. The molecule has 2 nitrogen and oxygen atoms in total. The lowest BCUT2D eigenvalue weighted by atomic mass is 9.99. The zero-order chi connectivity index (χ0) is 11.0. The molecule has 0 spiro atoms. The first kappa shape index (κ1) is 10.3. The molecule has 0 saturated carbocycles. The maximum Gasteiger partial charge on any atom is 0.0978 e. The van der Waals surface area contributed by atoms with Crippen molar-refractivity contribution in [1.29, 1.82) is 0 Å². The number of hydrogen-bond acceptors (Lipinski definition) is 2. The summed E-state index contributed by atoms with van der Waals surface area (Å²) in [5.74, 6) is 0. The third-order valence-corrected chi connectivity index (χ3v) is 3.98. The summed E-state index contributed by atoms with van der Waals surface area (Å²) >= 11 is 0. The maximum absolute atomic E-state index is 6.05. The van der Waals surface area contributed by atoms with Crippen LogP contribution in [0.4, 0.5) is 0 Å². The van der Waals surface area contributed by atoms with Gasteiger partial charge >= 0.3 is 0 Å². The predicted octanol–water partition coefficient (Wildman–Crippen LogP) is 2.61. The van der Waals surface area contributed by atoms with Crippen LogP contribution in [0.3, 0.4) is 0 Å². The van der Waals surface area contributed by atoms with Crippen LogP contribution in [-0.4, -0.2) is 30.1 Å². The molecule has 0 aliphatic carbocycles. The molecule has 2 aliphatic heterocycles. The van der Waals surface area contributed by atoms with Gasteiger partial charge in [-0.05, 0) is 31.9 Å². The van der Waals surface area contributed by atoms with Gasteiger partial charge in [0.25, 0.3) is 0 Å². The zero-order valence-corrected chi connectivity index (χ0v) is 9.80. The number of nitrogens with zero attached hydrogens (tertiary/aromatic N) is 1. The fourth-order valence-electron chi connectivity index (χ4n) is 3.12. The maximum atomic E-state index is 6.05. The van der Waals surface area contributed by atoms with Crippen molar-refractivity contribution >= 4 is 0 Å². The normalized spacial score (nSPS) is 34.9. The van der Waals surface area contributed by atoms with E-state index in [1.807, 2.05) is 0 Å². The van der Waals surface area contributed by atoms with Crippen LogP contribution in [0.15, 0.2) is 30.3 Å². The molecule has 0 amide bonds. The quantitative estimate of drug-likeness (QED) is 0.717. The van der Waals surface area contributed by atoms with Crippen molar-refractivity contribution in [3.63, 3.8) is 0 Å². The summed E-state index contributed by atoms with van der Waals surface area (Å²) in [6, 6.07) is 11.8. The van der Waals surface area contributed by atoms with Crippen LogP contribution >= 0.6 is 0 Å². The summed E-state index contributed by atoms with van der Waals surface area (Å²) < 4.78 is 6.05. The molecule has 0 bridgehead atoms. The summed E-state index contributed by atoms with van der Waals surface area (Å²) in [5, 5.41) is 0. The van der Waals surface area contributed by atoms with E-state index in [1.165, 1.54) is 24.9 Å². The van der Waals surface area contributed by atoms with Gasteiger partial charge in [-0.25, -0.2) is 0 Å². The minimum atomic E-state index is 0.260. The molecule has 1 aromatic rings. The highest BCUT2D eigenvalue weighted by molar-refractivity contribution is 5.20. The first-order valence-electron chi connectivity index (χ1n) is 6.28. The van der Waals surface area contributed by atoms with Crippen LogP contribution < -0.4 is 0 Å².